The van der Waals surface area contributed by atoms with Crippen LogP contribution in [-0.2, 0) is 21.4 Å². The van der Waals surface area contributed by atoms with Crippen LogP contribution in [0.5, 0.6) is 0 Å². The lowest BCUT2D eigenvalue weighted by Gasteiger charge is -2.34. The molecule has 1 saturated heterocycles. The molecule has 4 rings (SSSR count). The van der Waals surface area contributed by atoms with E-state index in [1.54, 1.807) is 16.2 Å². The number of fused-ring (bicyclic) bond motifs is 1. The molecule has 1 aromatic heterocycles. The minimum Gasteiger partial charge on any atom is -0.340 e. The van der Waals surface area contributed by atoms with E-state index in [4.69, 9.17) is 0 Å². The minimum atomic E-state index is -3.73. The fourth-order valence-corrected chi connectivity index (χ4v) is 5.78. The molecule has 2 aromatic carbocycles. The van der Waals surface area contributed by atoms with Crippen molar-refractivity contribution in [3.05, 3.63) is 59.1 Å². The van der Waals surface area contributed by atoms with Crippen LogP contribution >= 0.6 is 11.3 Å². The molecule has 2 heterocycles. The summed E-state index contributed by atoms with van der Waals surface area (Å²) in [5.41, 5.74) is 1.47. The quantitative estimate of drug-likeness (QED) is 0.491. The number of hydrogen-bond donors (Lipinski definition) is 1. The molecular formula is C23H26N4O4S2. The van der Waals surface area contributed by atoms with Crippen LogP contribution in [0, 0.1) is 0 Å². The van der Waals surface area contributed by atoms with Crippen molar-refractivity contribution in [1.29, 1.82) is 0 Å². The Labute approximate surface area is 197 Å². The van der Waals surface area contributed by atoms with Gasteiger partial charge >= 0.3 is 0 Å². The number of amides is 1. The van der Waals surface area contributed by atoms with Crippen LogP contribution in [0.25, 0.3) is 10.2 Å². The number of thiazole rings is 1. The number of aromatic nitrogens is 1. The molecular weight excluding hydrogens is 460 g/mol. The average Bonchev–Trinajstić information content (AvgIpc) is 3.21. The highest BCUT2D eigenvalue weighted by Crippen LogP contribution is 2.23. The number of Topliss-reactive ketones (excluding diaryl/α,β-unsaturated/α-hetero) is 1. The van der Waals surface area contributed by atoms with Crippen LogP contribution in [0.2, 0.25) is 0 Å². The summed E-state index contributed by atoms with van der Waals surface area (Å²) in [4.78, 5) is 32.7. The van der Waals surface area contributed by atoms with Crippen molar-refractivity contribution in [1.82, 2.24) is 19.5 Å². The van der Waals surface area contributed by atoms with Gasteiger partial charge in [-0.25, -0.2) is 18.1 Å². The van der Waals surface area contributed by atoms with Crippen molar-refractivity contribution in [3.8, 4) is 0 Å². The highest BCUT2D eigenvalue weighted by atomic mass is 32.2. The smallest absolute Gasteiger partial charge is 0.240 e. The molecule has 1 N–H and O–H groups in total. The van der Waals surface area contributed by atoms with Crippen LogP contribution in [0.3, 0.4) is 0 Å². The Bertz CT molecular complexity index is 1210. The number of piperazine rings is 1. The summed E-state index contributed by atoms with van der Waals surface area (Å²) in [7, 11) is -3.73. The Kier molecular flexibility index (Phi) is 7.18. The fraction of sp³-hybridized carbons (Fsp3) is 0.348. The van der Waals surface area contributed by atoms with Crippen molar-refractivity contribution in [3.63, 3.8) is 0 Å². The normalized spacial score (nSPS) is 15.1. The first-order valence-corrected chi connectivity index (χ1v) is 13.1. The maximum atomic E-state index is 12.5. The molecule has 0 spiro atoms. The van der Waals surface area contributed by atoms with Crippen LogP contribution in [-0.4, -0.2) is 67.6 Å². The number of nitrogens with one attached hydrogen (secondary N) is 1. The monoisotopic (exact) mass is 486 g/mol. The Morgan fingerprint density at radius 3 is 2.39 bits per heavy atom. The second-order valence-electron chi connectivity index (χ2n) is 7.96. The molecule has 8 nitrogen and oxygen atoms in total. The largest absolute Gasteiger partial charge is 0.340 e. The van der Waals surface area contributed by atoms with Crippen LogP contribution in [0.1, 0.15) is 28.7 Å². The highest BCUT2D eigenvalue weighted by molar-refractivity contribution is 7.89. The molecule has 0 saturated carbocycles. The van der Waals surface area contributed by atoms with Crippen LogP contribution in [0.15, 0.2) is 53.4 Å². The van der Waals surface area contributed by atoms with Gasteiger partial charge in [-0.2, -0.15) is 0 Å². The Morgan fingerprint density at radius 1 is 1.03 bits per heavy atom. The number of hydrogen-bond acceptors (Lipinski definition) is 7. The summed E-state index contributed by atoms with van der Waals surface area (Å²) < 4.78 is 28.5. The third-order valence-electron chi connectivity index (χ3n) is 5.62. The van der Waals surface area contributed by atoms with Gasteiger partial charge in [0.15, 0.2) is 5.78 Å². The number of ketones is 1. The van der Waals surface area contributed by atoms with E-state index in [0.29, 0.717) is 18.7 Å². The van der Waals surface area contributed by atoms with Crippen molar-refractivity contribution in [2.45, 2.75) is 24.8 Å². The zero-order chi connectivity index (χ0) is 23.4. The summed E-state index contributed by atoms with van der Waals surface area (Å²) in [5.74, 6) is -0.193. The van der Waals surface area contributed by atoms with Crippen molar-refractivity contribution in [2.24, 2.45) is 0 Å². The lowest BCUT2D eigenvalue weighted by Crippen LogP contribution is -2.48. The molecule has 10 heteroatoms. The summed E-state index contributed by atoms with van der Waals surface area (Å²) >= 11 is 1.70. The number of carbonyl (C=O) groups is 2. The summed E-state index contributed by atoms with van der Waals surface area (Å²) in [5, 5.41) is 1.07. The summed E-state index contributed by atoms with van der Waals surface area (Å²) in [6.45, 7) is 4.97. The summed E-state index contributed by atoms with van der Waals surface area (Å²) in [6, 6.07) is 13.8. The number of rotatable bonds is 8. The third-order valence-corrected chi connectivity index (χ3v) is 8.12. The zero-order valence-electron chi connectivity index (χ0n) is 18.4. The second-order valence-corrected chi connectivity index (χ2v) is 10.8. The average molecular weight is 487 g/mol. The maximum Gasteiger partial charge on any atom is 0.240 e. The van der Waals surface area contributed by atoms with Crippen LogP contribution < -0.4 is 4.72 Å². The third kappa shape index (κ3) is 5.83. The molecule has 0 radical (unpaired) electrons. The van der Waals surface area contributed by atoms with E-state index in [9.17, 15) is 18.0 Å². The topological polar surface area (TPSA) is 99.7 Å². The number of sulfonamides is 1. The van der Waals surface area contributed by atoms with Gasteiger partial charge in [-0.3, -0.25) is 14.5 Å². The highest BCUT2D eigenvalue weighted by Gasteiger charge is 2.22. The van der Waals surface area contributed by atoms with Crippen molar-refractivity contribution in [2.75, 3.05) is 32.7 Å². The SMILES string of the molecule is CC(=O)c1ccc(S(=O)(=O)NCCC(=O)N2CCN(Cc3nc4ccccc4s3)CC2)cc1. The van der Waals surface area contributed by atoms with Gasteiger partial charge in [0.05, 0.1) is 21.7 Å². The predicted octanol–water partition coefficient (Wildman–Crippen LogP) is 2.51. The lowest BCUT2D eigenvalue weighted by molar-refractivity contribution is -0.132. The zero-order valence-corrected chi connectivity index (χ0v) is 20.0. The van der Waals surface area contributed by atoms with E-state index in [-0.39, 0.29) is 29.6 Å². The van der Waals surface area contributed by atoms with Gasteiger partial charge in [-0.1, -0.05) is 24.3 Å². The molecule has 174 valence electrons. The standard InChI is InChI=1S/C23H26N4O4S2/c1-17(28)18-6-8-19(9-7-18)33(30,31)24-11-10-23(29)27-14-12-26(13-15-27)16-22-25-20-4-2-3-5-21(20)32-22/h2-9,24H,10-16H2,1H3. The molecule has 1 fully saturated rings. The fourth-order valence-electron chi connectivity index (χ4n) is 3.74. The first-order chi connectivity index (χ1) is 15.8. The van der Waals surface area contributed by atoms with E-state index >= 15 is 0 Å². The first-order valence-electron chi connectivity index (χ1n) is 10.8. The van der Waals surface area contributed by atoms with Crippen molar-refractivity contribution >= 4 is 43.3 Å². The Morgan fingerprint density at radius 2 is 1.73 bits per heavy atom. The molecule has 0 aliphatic carbocycles. The Balaban J connectivity index is 1.22. The van der Waals surface area contributed by atoms with E-state index in [2.05, 4.69) is 20.7 Å². The first kappa shape index (κ1) is 23.5. The van der Waals surface area contributed by atoms with Crippen LogP contribution in [0.4, 0.5) is 0 Å². The van der Waals surface area contributed by atoms with Crippen molar-refractivity contribution < 1.29 is 18.0 Å². The molecule has 0 unspecified atom stereocenters. The molecule has 1 amide bonds. The van der Waals surface area contributed by atoms with E-state index < -0.39 is 10.0 Å². The molecule has 1 aliphatic heterocycles. The van der Waals surface area contributed by atoms with Gasteiger partial charge in [-0.15, -0.1) is 11.3 Å². The molecule has 1 aliphatic rings. The summed E-state index contributed by atoms with van der Waals surface area (Å²) in [6.07, 6.45) is 0.0998. The number of para-hydroxylation sites is 1. The van der Waals surface area contributed by atoms with Gasteiger partial charge in [-0.05, 0) is 31.2 Å². The van der Waals surface area contributed by atoms with Gasteiger partial charge < -0.3 is 4.90 Å². The van der Waals surface area contributed by atoms with E-state index in [0.717, 1.165) is 30.2 Å². The van der Waals surface area contributed by atoms with Gasteiger partial charge in [0.1, 0.15) is 5.01 Å². The van der Waals surface area contributed by atoms with Gasteiger partial charge in [0, 0.05) is 44.7 Å². The number of benzene rings is 2. The molecule has 0 atom stereocenters. The van der Waals surface area contributed by atoms with Gasteiger partial charge in [0.25, 0.3) is 0 Å². The number of nitrogens with zero attached hydrogens (tertiary/aromatic N) is 3. The predicted molar refractivity (Wildman–Crippen MR) is 128 cm³/mol. The Hall–Kier alpha value is -2.66. The molecule has 3 aromatic rings. The number of carbonyl (C=O) groups excluding carboxylic acids is 2. The maximum absolute atomic E-state index is 12.5. The minimum absolute atomic E-state index is 0.0293. The molecule has 33 heavy (non-hydrogen) atoms. The van der Waals surface area contributed by atoms with Gasteiger partial charge in [0.2, 0.25) is 15.9 Å². The second kappa shape index (κ2) is 10.1. The van der Waals surface area contributed by atoms with E-state index in [1.165, 1.54) is 35.9 Å². The lowest BCUT2D eigenvalue weighted by atomic mass is 10.2. The van der Waals surface area contributed by atoms with E-state index in [1.807, 2.05) is 18.2 Å². The molecule has 0 bridgehead atoms.